The second kappa shape index (κ2) is 12.1. The van der Waals surface area contributed by atoms with E-state index in [1.165, 1.54) is 11.1 Å². The molecule has 0 saturated carbocycles. The van der Waals surface area contributed by atoms with Gasteiger partial charge in [0.1, 0.15) is 31.3 Å². The minimum atomic E-state index is -1.78. The van der Waals surface area contributed by atoms with E-state index in [4.69, 9.17) is 14.2 Å². The highest BCUT2D eigenvalue weighted by molar-refractivity contribution is 5.94. The third-order valence-corrected chi connectivity index (χ3v) is 8.62. The molecule has 1 aliphatic carbocycles. The van der Waals surface area contributed by atoms with Crippen LogP contribution in [0.3, 0.4) is 0 Å². The van der Waals surface area contributed by atoms with Crippen molar-refractivity contribution >= 4 is 23.8 Å². The fourth-order valence-corrected chi connectivity index (χ4v) is 6.76. The molecule has 234 valence electrons. The van der Waals surface area contributed by atoms with Crippen molar-refractivity contribution in [3.05, 3.63) is 77.5 Å². The van der Waals surface area contributed by atoms with Crippen molar-refractivity contribution < 1.29 is 38.0 Å². The first kappa shape index (κ1) is 31.4. The molecule has 0 bridgehead atoms. The van der Waals surface area contributed by atoms with Crippen molar-refractivity contribution in [3.63, 3.8) is 0 Å². The largest absolute Gasteiger partial charge is 0.632 e. The molecular weight excluding hydrogens is 566 g/mol. The zero-order valence-electron chi connectivity index (χ0n) is 25.4. The third kappa shape index (κ3) is 5.99. The number of hydrazine groups is 1. The molecular formula is C33H39N3O8. The predicted molar refractivity (Wildman–Crippen MR) is 161 cm³/mol. The second-order valence-electron chi connectivity index (χ2n) is 12.6. The number of benzene rings is 2. The minimum absolute atomic E-state index is 0.0146. The van der Waals surface area contributed by atoms with E-state index in [0.29, 0.717) is 0 Å². The van der Waals surface area contributed by atoms with E-state index in [9.17, 15) is 24.4 Å². The number of hydroxylamine groups is 3. The molecule has 11 heteroatoms. The zero-order chi connectivity index (χ0) is 31.7. The molecule has 0 aromatic heterocycles. The van der Waals surface area contributed by atoms with Crippen LogP contribution in [0.1, 0.15) is 57.1 Å². The molecule has 3 aliphatic rings. The fraction of sp³-hybridized carbons (Fsp3) is 0.455. The Kier molecular flexibility index (Phi) is 8.66. The van der Waals surface area contributed by atoms with Gasteiger partial charge in [0.05, 0.1) is 32.5 Å². The van der Waals surface area contributed by atoms with Crippen LogP contribution in [-0.4, -0.2) is 83.5 Å². The predicted octanol–water partition coefficient (Wildman–Crippen LogP) is 4.00. The topological polar surface area (TPSA) is 134 Å². The Morgan fingerprint density at radius 3 is 2.32 bits per heavy atom. The monoisotopic (exact) mass is 605 g/mol. The zero-order valence-corrected chi connectivity index (χ0v) is 25.4. The van der Waals surface area contributed by atoms with Crippen LogP contribution in [0.2, 0.25) is 0 Å². The average molecular weight is 606 g/mol. The number of nitrogens with one attached hydrogen (secondary N) is 1. The van der Waals surface area contributed by atoms with Crippen molar-refractivity contribution in [1.82, 2.24) is 10.4 Å². The number of hydrogen-bond donors (Lipinski definition) is 1. The highest BCUT2D eigenvalue weighted by Gasteiger charge is 2.65. The smallest absolute Gasteiger partial charge is 0.421 e. The van der Waals surface area contributed by atoms with Crippen LogP contribution in [0.25, 0.3) is 11.1 Å². The summed E-state index contributed by atoms with van der Waals surface area (Å²) in [4.78, 5) is 52.2. The lowest BCUT2D eigenvalue weighted by molar-refractivity contribution is -0.939. The molecule has 11 nitrogen and oxygen atoms in total. The molecule has 1 N–H and O–H groups in total. The van der Waals surface area contributed by atoms with Crippen molar-refractivity contribution in [2.24, 2.45) is 0 Å². The average Bonchev–Trinajstić information content (AvgIpc) is 3.38. The van der Waals surface area contributed by atoms with Crippen LogP contribution in [0.15, 0.2) is 61.2 Å². The van der Waals surface area contributed by atoms with Gasteiger partial charge >= 0.3 is 18.0 Å². The molecule has 2 aromatic carbocycles. The quantitative estimate of drug-likeness (QED) is 0.148. The van der Waals surface area contributed by atoms with Gasteiger partial charge in [-0.15, -0.1) is 0 Å². The van der Waals surface area contributed by atoms with Gasteiger partial charge in [0.2, 0.25) is 5.78 Å². The first-order valence-electron chi connectivity index (χ1n) is 14.8. The van der Waals surface area contributed by atoms with Crippen LogP contribution in [0, 0.1) is 5.21 Å². The molecule has 44 heavy (non-hydrogen) atoms. The van der Waals surface area contributed by atoms with Gasteiger partial charge in [0.25, 0.3) is 0 Å². The number of ether oxygens (including phenoxy) is 3. The Morgan fingerprint density at radius 1 is 1.07 bits per heavy atom. The standard InChI is InChI=1S/C33H39N3O8/c1-5-16-42-29(38)18-22-17-28(37)33(19-30(39)44-32(2,3)4)21-35(14-15-36(22,33)41)34-31(40)43-20-27-25-12-8-6-10-23(25)24-11-7-9-13-26(24)27/h5-13,22,27H,1,14-21H2,2-4H3,(H,34,40)/t22-,33-,36?/m0/s1. The van der Waals surface area contributed by atoms with Gasteiger partial charge in [0, 0.05) is 5.92 Å². The summed E-state index contributed by atoms with van der Waals surface area (Å²) in [5.74, 6) is -1.93. The van der Waals surface area contributed by atoms with Crippen molar-refractivity contribution in [2.75, 3.05) is 32.8 Å². The summed E-state index contributed by atoms with van der Waals surface area (Å²) in [5, 5.41) is 16.0. The molecule has 0 radical (unpaired) electrons. The molecule has 2 saturated heterocycles. The number of fused-ring (bicyclic) bond motifs is 4. The van der Waals surface area contributed by atoms with Gasteiger partial charge in [0.15, 0.2) is 5.54 Å². The van der Waals surface area contributed by atoms with Crippen LogP contribution < -0.4 is 5.43 Å². The number of piperazine rings is 1. The minimum Gasteiger partial charge on any atom is -0.632 e. The van der Waals surface area contributed by atoms with Gasteiger partial charge in [-0.1, -0.05) is 61.2 Å². The van der Waals surface area contributed by atoms with E-state index in [0.717, 1.165) is 22.3 Å². The summed E-state index contributed by atoms with van der Waals surface area (Å²) in [5.41, 5.74) is 4.41. The Bertz CT molecular complexity index is 1420. The summed E-state index contributed by atoms with van der Waals surface area (Å²) in [6, 6.07) is 15.1. The number of carbonyl (C=O) groups excluding carboxylic acids is 4. The summed E-state index contributed by atoms with van der Waals surface area (Å²) in [7, 11) is 0. The number of esters is 2. The molecule has 2 aromatic rings. The number of hydrogen-bond acceptors (Lipinski definition) is 9. The number of nitrogens with zero attached hydrogens (tertiary/aromatic N) is 2. The maximum atomic E-state index is 14.5. The van der Waals surface area contributed by atoms with Crippen LogP contribution in [0.4, 0.5) is 4.79 Å². The van der Waals surface area contributed by atoms with Gasteiger partial charge in [-0.25, -0.2) is 9.80 Å². The normalized spacial score (nSPS) is 24.5. The van der Waals surface area contributed by atoms with E-state index >= 15 is 0 Å². The summed E-state index contributed by atoms with van der Waals surface area (Å²) < 4.78 is 15.2. The number of rotatable bonds is 9. The van der Waals surface area contributed by atoms with Gasteiger partial charge in [-0.05, 0) is 43.0 Å². The lowest BCUT2D eigenvalue weighted by Crippen LogP contribution is -2.74. The fourth-order valence-electron chi connectivity index (χ4n) is 6.76. The van der Waals surface area contributed by atoms with Crippen molar-refractivity contribution in [2.45, 2.75) is 63.1 Å². The van der Waals surface area contributed by atoms with Crippen molar-refractivity contribution in [3.8, 4) is 11.1 Å². The summed E-state index contributed by atoms with van der Waals surface area (Å²) >= 11 is 0. The highest BCUT2D eigenvalue weighted by atomic mass is 16.6. The molecule has 2 aliphatic heterocycles. The first-order chi connectivity index (χ1) is 20.9. The lowest BCUT2D eigenvalue weighted by Gasteiger charge is -2.58. The molecule has 3 atom stereocenters. The number of Topliss-reactive ketones (excluding diaryl/α,β-unsaturated/α-hetero) is 1. The molecule has 1 unspecified atom stereocenters. The van der Waals surface area contributed by atoms with E-state index < -0.39 is 52.1 Å². The lowest BCUT2D eigenvalue weighted by atomic mass is 9.88. The molecule has 2 fully saturated rings. The van der Waals surface area contributed by atoms with Crippen LogP contribution in [-0.2, 0) is 28.6 Å². The van der Waals surface area contributed by atoms with Crippen LogP contribution >= 0.6 is 0 Å². The molecule has 5 rings (SSSR count). The Morgan fingerprint density at radius 2 is 1.70 bits per heavy atom. The number of ketones is 1. The van der Waals surface area contributed by atoms with E-state index in [1.54, 1.807) is 20.8 Å². The SMILES string of the molecule is C=CCOC(=O)C[C@@H]1CC(=O)[C@]2(CC(=O)OC(C)(C)C)CN(NC(=O)OCC3c4ccccc4-c4ccccc43)CC[N+]12[O-]. The van der Waals surface area contributed by atoms with E-state index in [2.05, 4.69) is 12.0 Å². The summed E-state index contributed by atoms with van der Waals surface area (Å²) in [6.45, 7) is 8.38. The first-order valence-corrected chi connectivity index (χ1v) is 14.8. The number of carbonyl (C=O) groups is 4. The van der Waals surface area contributed by atoms with Crippen LogP contribution in [0.5, 0.6) is 0 Å². The van der Waals surface area contributed by atoms with Crippen molar-refractivity contribution in [1.29, 1.82) is 0 Å². The van der Waals surface area contributed by atoms with Gasteiger partial charge < -0.3 is 24.1 Å². The van der Waals surface area contributed by atoms with Gasteiger partial charge in [-0.2, -0.15) is 0 Å². The number of quaternary nitrogens is 1. The molecule has 2 heterocycles. The van der Waals surface area contributed by atoms with E-state index in [1.807, 2.05) is 48.5 Å². The number of amides is 1. The maximum absolute atomic E-state index is 14.5. The third-order valence-electron chi connectivity index (χ3n) is 8.62. The Hall–Kier alpha value is -4.06. The van der Waals surface area contributed by atoms with E-state index in [-0.39, 0.29) is 51.6 Å². The molecule has 0 spiro atoms. The second-order valence-corrected chi connectivity index (χ2v) is 12.6. The highest BCUT2D eigenvalue weighted by Crippen LogP contribution is 2.46. The Labute approximate surface area is 256 Å². The summed E-state index contributed by atoms with van der Waals surface area (Å²) in [6.07, 6.45) is -0.291. The van der Waals surface area contributed by atoms with Gasteiger partial charge in [-0.3, -0.25) is 19.8 Å². The maximum Gasteiger partial charge on any atom is 0.421 e. The molecule has 1 amide bonds. The Balaban J connectivity index is 1.31.